The zero-order chi connectivity index (χ0) is 57.2. The van der Waals surface area contributed by atoms with Gasteiger partial charge < -0.3 is 19.1 Å². The Labute approximate surface area is 340 Å². The first kappa shape index (κ1) is 19.2. The third-order valence-corrected chi connectivity index (χ3v) is 8.55. The van der Waals surface area contributed by atoms with Crippen LogP contribution in [0.2, 0.25) is 0 Å². The van der Waals surface area contributed by atoms with Crippen molar-refractivity contribution in [1.82, 2.24) is 14.4 Å². The number of rotatable bonds is 12. The maximum absolute atomic E-state index is 15.6. The van der Waals surface area contributed by atoms with E-state index in [2.05, 4.69) is 4.74 Å². The van der Waals surface area contributed by atoms with Gasteiger partial charge in [-0.05, 0) is 66.6 Å². The molecule has 53 heavy (non-hydrogen) atoms. The number of alkyl halides is 3. The van der Waals surface area contributed by atoms with Gasteiger partial charge in [0.25, 0.3) is 0 Å². The Morgan fingerprint density at radius 3 is 2.43 bits per heavy atom. The molecule has 6 nitrogen and oxygen atoms in total. The van der Waals surface area contributed by atoms with Crippen molar-refractivity contribution in [3.8, 4) is 11.1 Å². The monoisotopic (exact) mass is 771 g/mol. The number of pyridine rings is 1. The zero-order valence-electron chi connectivity index (χ0n) is 49.1. The summed E-state index contributed by atoms with van der Waals surface area (Å²) in [5.41, 5.74) is -4.81. The largest absolute Gasteiger partial charge is 0.416 e. The molecule has 1 aromatic heterocycles. The average molecular weight is 772 g/mol. The van der Waals surface area contributed by atoms with E-state index >= 15 is 9.18 Å². The number of likely N-dealkylation sites (tertiary alicyclic amines) is 1. The highest BCUT2D eigenvalue weighted by molar-refractivity contribution is 7.98. The van der Waals surface area contributed by atoms with Gasteiger partial charge in [0.1, 0.15) is 6.54 Å². The first-order valence-electron chi connectivity index (χ1n) is 26.2. The molecule has 12 heteroatoms. The van der Waals surface area contributed by atoms with Gasteiger partial charge in [-0.1, -0.05) is 60.1 Å². The van der Waals surface area contributed by atoms with Crippen LogP contribution in [0.25, 0.3) is 22.0 Å². The number of hydrogen-bond donors (Lipinski definition) is 0. The lowest BCUT2D eigenvalue weighted by atomic mass is 10.00. The summed E-state index contributed by atoms with van der Waals surface area (Å²) in [5, 5.41) is -1.64. The fourth-order valence-corrected chi connectivity index (χ4v) is 5.93. The van der Waals surface area contributed by atoms with E-state index in [0.717, 1.165) is 61.5 Å². The highest BCUT2D eigenvalue weighted by Gasteiger charge is 2.31. The van der Waals surface area contributed by atoms with E-state index in [1.807, 2.05) is 0 Å². The van der Waals surface area contributed by atoms with E-state index in [0.29, 0.717) is 28.5 Å². The molecule has 1 fully saturated rings. The first-order valence-corrected chi connectivity index (χ1v) is 16.2. The van der Waals surface area contributed by atoms with Crippen molar-refractivity contribution in [2.24, 2.45) is 0 Å². The first-order chi connectivity index (χ1) is 33.9. The molecule has 0 aliphatic carbocycles. The van der Waals surface area contributed by atoms with Crippen molar-refractivity contribution in [1.29, 1.82) is 0 Å². The lowest BCUT2D eigenvalue weighted by molar-refractivity contribution is -0.137. The fourth-order valence-electron chi connectivity index (χ4n) is 4.94. The molecular weight excluding hydrogens is 710 g/mol. The average Bonchev–Trinajstić information content (AvgIpc) is 3.27. The van der Waals surface area contributed by atoms with Crippen LogP contribution < -0.4 is 5.43 Å². The smallest absolute Gasteiger partial charge is 0.383 e. The second-order valence-corrected chi connectivity index (χ2v) is 12.0. The molecule has 0 bridgehead atoms. The van der Waals surface area contributed by atoms with Gasteiger partial charge in [-0.3, -0.25) is 9.59 Å². The summed E-state index contributed by atoms with van der Waals surface area (Å²) in [6.07, 6.45) is -14.3. The number of piperidine rings is 1. The Morgan fingerprint density at radius 1 is 1.06 bits per heavy atom. The SMILES string of the molecule is [2H]c1c(C)c([2H])c2c(=O)c([2H])c(SCc3cccc(F)c3F)n(CC(=O)N(C([2H])([2H])c3ccc(-c4ccc(C(F)(F)F)cc4)cc3)C3([2H])C([2H])([2H])C([2H])([2H])N(C([2H])([2H])C([2H])([2H])OC([2H])([2H])[2H])C([2H])([2H])C3([2H])[2H])c2c1[2H]. The van der Waals surface area contributed by atoms with Crippen molar-refractivity contribution in [3.05, 3.63) is 135 Å². The van der Waals surface area contributed by atoms with Crippen LogP contribution >= 0.6 is 11.8 Å². The highest BCUT2D eigenvalue weighted by atomic mass is 32.2. The van der Waals surface area contributed by atoms with Gasteiger partial charge in [0.15, 0.2) is 17.1 Å². The van der Waals surface area contributed by atoms with Gasteiger partial charge in [0, 0.05) is 75.5 Å². The molecule has 1 saturated heterocycles. The maximum Gasteiger partial charge on any atom is 0.416 e. The van der Waals surface area contributed by atoms with E-state index in [4.69, 9.17) is 20.6 Å². The van der Waals surface area contributed by atoms with Crippen molar-refractivity contribution < 1.29 is 61.6 Å². The predicted molar refractivity (Wildman–Crippen MR) is 198 cm³/mol. The molecule has 0 radical (unpaired) electrons. The lowest BCUT2D eigenvalue weighted by Crippen LogP contribution is -2.48. The van der Waals surface area contributed by atoms with Crippen molar-refractivity contribution >= 4 is 28.6 Å². The van der Waals surface area contributed by atoms with Crippen molar-refractivity contribution in [3.63, 3.8) is 0 Å². The number of ether oxygens (including phenoxy) is 1. The van der Waals surface area contributed by atoms with E-state index in [1.165, 1.54) is 0 Å². The topological polar surface area (TPSA) is 54.8 Å². The number of nitrogens with zero attached hydrogens (tertiary/aromatic N) is 3. The normalized spacial score (nSPS) is 25.7. The molecule has 0 unspecified atom stereocenters. The van der Waals surface area contributed by atoms with Gasteiger partial charge in [-0.25, -0.2) is 8.78 Å². The summed E-state index contributed by atoms with van der Waals surface area (Å²) < 4.78 is 267. The molecule has 0 N–H and O–H groups in total. The number of thioether (sulfide) groups is 1. The third kappa shape index (κ3) is 9.17. The molecule has 0 spiro atoms. The van der Waals surface area contributed by atoms with Gasteiger partial charge in [0.2, 0.25) is 5.91 Å². The molecule has 5 aromatic rings. The molecular formula is C41H40F5N3O3S. The molecule has 4 aromatic carbocycles. The van der Waals surface area contributed by atoms with Crippen LogP contribution in [0.15, 0.2) is 101 Å². The Balaban J connectivity index is 1.68. The number of amides is 1. The molecule has 6 rings (SSSR count). The van der Waals surface area contributed by atoms with E-state index < -0.39 is 166 Å². The van der Waals surface area contributed by atoms with Gasteiger partial charge in [-0.2, -0.15) is 13.2 Å². The van der Waals surface area contributed by atoms with Crippen LogP contribution in [0.4, 0.5) is 22.0 Å². The van der Waals surface area contributed by atoms with E-state index in [1.54, 1.807) is 0 Å². The Morgan fingerprint density at radius 2 is 1.75 bits per heavy atom. The zero-order valence-corrected chi connectivity index (χ0v) is 27.9. The highest BCUT2D eigenvalue weighted by Crippen LogP contribution is 2.32. The summed E-state index contributed by atoms with van der Waals surface area (Å²) in [4.78, 5) is 27.8. The van der Waals surface area contributed by atoms with Crippen molar-refractivity contribution in [2.45, 2.75) is 55.7 Å². The number of methoxy groups -OCH3 is 1. The summed E-state index contributed by atoms with van der Waals surface area (Å²) in [7, 11) is -3.89. The predicted octanol–water partition coefficient (Wildman–Crippen LogP) is 8.71. The standard InChI is InChI=1S/C41H40F5N3O3S/c1-27-6-15-36-34(22-27)37(50)23-39(53-26-31-4-3-5-35(42)40(31)43)49(36)25-38(51)48(33-16-18-47(19-17-33)20-21-52-2)24-28-7-9-29(10-8-28)30-11-13-32(14-12-30)41(44,45)46/h3-15,22-23,33H,16-21,24-26H2,1-2H3/i2D3,6D,15D,16D2,17D2,18D2,19D2,20D2,21D2,22D,23D,24D2,33D. The molecule has 1 amide bonds. The number of aromatic nitrogens is 1. The third-order valence-electron chi connectivity index (χ3n) is 7.49. The lowest BCUT2D eigenvalue weighted by Gasteiger charge is -2.39. The Bertz CT molecular complexity index is 3110. The maximum atomic E-state index is 15.6. The number of fused-ring (bicyclic) bond motifs is 1. The van der Waals surface area contributed by atoms with Gasteiger partial charge in [-0.15, -0.1) is 11.8 Å². The molecule has 1 aliphatic heterocycles. The number of halogens is 5. The van der Waals surface area contributed by atoms with Crippen molar-refractivity contribution in [2.75, 3.05) is 33.1 Å². The molecule has 2 heterocycles. The van der Waals surface area contributed by atoms with E-state index in [-0.39, 0.29) is 16.7 Å². The fraction of sp³-hybridized carbons (Fsp3) is 0.317. The minimum atomic E-state index is -4.80. The summed E-state index contributed by atoms with van der Waals surface area (Å²) in [6.45, 7) is -23.1. The Kier molecular flexibility index (Phi) is 6.03. The van der Waals surface area contributed by atoms with Crippen LogP contribution in [-0.4, -0.2) is 59.4 Å². The van der Waals surface area contributed by atoms with Crippen LogP contribution in [0.5, 0.6) is 0 Å². The molecule has 1 aliphatic rings. The van der Waals surface area contributed by atoms with Crippen LogP contribution in [0.1, 0.15) is 65.2 Å². The van der Waals surface area contributed by atoms with Gasteiger partial charge >= 0.3 is 6.18 Å². The summed E-state index contributed by atoms with van der Waals surface area (Å²) >= 11 is 0.291. The minimum Gasteiger partial charge on any atom is -0.383 e. The number of carbonyl (C=O) groups excluding carboxylic acids is 1. The summed E-state index contributed by atoms with van der Waals surface area (Å²) in [5.74, 6) is -5.64. The van der Waals surface area contributed by atoms with Crippen LogP contribution in [0, 0.1) is 18.6 Å². The molecule has 278 valence electrons. The van der Waals surface area contributed by atoms with Crippen LogP contribution in [0.3, 0.4) is 0 Å². The molecule has 0 saturated carbocycles. The Hall–Kier alpha value is -4.52. The molecule has 0 atom stereocenters. The van der Waals surface area contributed by atoms with Crippen LogP contribution in [-0.2, 0) is 34.5 Å². The second kappa shape index (κ2) is 16.7. The second-order valence-electron chi connectivity index (χ2n) is 11.0. The summed E-state index contributed by atoms with van der Waals surface area (Å²) in [6, 6.07) is 1.50. The minimum absolute atomic E-state index is 0.0407. The van der Waals surface area contributed by atoms with Gasteiger partial charge in [0.05, 0.1) is 39.1 Å². The quantitative estimate of drug-likeness (QED) is 0.0939. The number of benzene rings is 4. The number of carbonyl (C=O) groups is 1. The van der Waals surface area contributed by atoms with E-state index in [9.17, 15) is 32.0 Å². The number of hydrogen-bond acceptors (Lipinski definition) is 5.